The zero-order valence-electron chi connectivity index (χ0n) is 10.3. The highest BCUT2D eigenvalue weighted by atomic mass is 79.9. The number of hydrogen-bond donors (Lipinski definition) is 1. The Kier molecular flexibility index (Phi) is 4.57. The third-order valence-corrected chi connectivity index (χ3v) is 2.97. The molecule has 1 amide bonds. The number of ether oxygens (including phenoxy) is 1. The summed E-state index contributed by atoms with van der Waals surface area (Å²) in [6.07, 6.45) is 1.38. The molecule has 0 aliphatic heterocycles. The summed E-state index contributed by atoms with van der Waals surface area (Å²) in [6, 6.07) is 8.89. The second kappa shape index (κ2) is 6.38. The zero-order chi connectivity index (χ0) is 13.7. The van der Waals surface area contributed by atoms with Gasteiger partial charge in [-0.2, -0.15) is 0 Å². The number of amides is 1. The van der Waals surface area contributed by atoms with Crippen LogP contribution in [0.3, 0.4) is 0 Å². The zero-order valence-corrected chi connectivity index (χ0v) is 11.9. The Bertz CT molecular complexity index is 525. The topological polar surface area (TPSA) is 64.4 Å². The molecule has 6 heteroatoms. The van der Waals surface area contributed by atoms with E-state index in [1.54, 1.807) is 18.2 Å². The standard InChI is InChI=1S/C13H13BrN2O3/c1-2-11(13(17)15-12-7-8-18-16-12)19-10-5-3-9(14)4-6-10/h3-8,11H,2H2,1H3,(H,15,16,17)/t11-/m1/s1. The van der Waals surface area contributed by atoms with E-state index < -0.39 is 6.10 Å². The van der Waals surface area contributed by atoms with E-state index in [0.717, 1.165) is 4.47 Å². The number of hydrogen-bond acceptors (Lipinski definition) is 4. The summed E-state index contributed by atoms with van der Waals surface area (Å²) >= 11 is 3.34. The first-order valence-corrected chi connectivity index (χ1v) is 6.62. The van der Waals surface area contributed by atoms with Gasteiger partial charge in [-0.25, -0.2) is 0 Å². The van der Waals surface area contributed by atoms with Crippen LogP contribution in [0.1, 0.15) is 13.3 Å². The molecule has 0 saturated heterocycles. The SMILES string of the molecule is CC[C@@H](Oc1ccc(Br)cc1)C(=O)Nc1ccon1. The quantitative estimate of drug-likeness (QED) is 0.917. The molecule has 1 aromatic heterocycles. The first kappa shape index (κ1) is 13.6. The average molecular weight is 325 g/mol. The molecule has 1 heterocycles. The molecule has 19 heavy (non-hydrogen) atoms. The fraction of sp³-hybridized carbons (Fsp3) is 0.231. The molecule has 0 aliphatic carbocycles. The predicted octanol–water partition coefficient (Wildman–Crippen LogP) is 3.23. The second-order valence-corrected chi connectivity index (χ2v) is 4.76. The van der Waals surface area contributed by atoms with Crippen LogP contribution in [0.15, 0.2) is 45.6 Å². The lowest BCUT2D eigenvalue weighted by molar-refractivity contribution is -0.122. The van der Waals surface area contributed by atoms with Gasteiger partial charge in [-0.3, -0.25) is 4.79 Å². The number of rotatable bonds is 5. The van der Waals surface area contributed by atoms with Gasteiger partial charge in [0.15, 0.2) is 11.9 Å². The van der Waals surface area contributed by atoms with E-state index in [4.69, 9.17) is 4.74 Å². The van der Waals surface area contributed by atoms with Crippen LogP contribution in [-0.4, -0.2) is 17.2 Å². The van der Waals surface area contributed by atoms with E-state index in [-0.39, 0.29) is 5.91 Å². The Morgan fingerprint density at radius 1 is 1.42 bits per heavy atom. The van der Waals surface area contributed by atoms with E-state index in [9.17, 15) is 4.79 Å². The van der Waals surface area contributed by atoms with E-state index >= 15 is 0 Å². The largest absolute Gasteiger partial charge is 0.481 e. The predicted molar refractivity (Wildman–Crippen MR) is 74.0 cm³/mol. The Hall–Kier alpha value is -1.82. The van der Waals surface area contributed by atoms with E-state index in [0.29, 0.717) is 18.0 Å². The fourth-order valence-electron chi connectivity index (χ4n) is 1.48. The van der Waals surface area contributed by atoms with Crippen LogP contribution in [0, 0.1) is 0 Å². The Balaban J connectivity index is 1.99. The number of halogens is 1. The third-order valence-electron chi connectivity index (χ3n) is 2.44. The molecule has 1 atom stereocenters. The maximum atomic E-state index is 12.0. The van der Waals surface area contributed by atoms with Gasteiger partial charge in [0.1, 0.15) is 12.0 Å². The van der Waals surface area contributed by atoms with Gasteiger partial charge in [0, 0.05) is 10.5 Å². The first-order valence-electron chi connectivity index (χ1n) is 5.82. The average Bonchev–Trinajstić information content (AvgIpc) is 2.90. The molecule has 5 nitrogen and oxygen atoms in total. The van der Waals surface area contributed by atoms with Gasteiger partial charge in [-0.1, -0.05) is 28.0 Å². The molecule has 0 aliphatic rings. The highest BCUT2D eigenvalue weighted by molar-refractivity contribution is 9.10. The molecule has 1 aromatic carbocycles. The Labute approximate surface area is 119 Å². The molecule has 0 bridgehead atoms. The van der Waals surface area contributed by atoms with Crippen molar-refractivity contribution >= 4 is 27.7 Å². The van der Waals surface area contributed by atoms with E-state index in [1.807, 2.05) is 19.1 Å². The van der Waals surface area contributed by atoms with Crippen LogP contribution in [0.5, 0.6) is 5.75 Å². The van der Waals surface area contributed by atoms with Gasteiger partial charge in [0.25, 0.3) is 5.91 Å². The lowest BCUT2D eigenvalue weighted by Crippen LogP contribution is -2.32. The smallest absolute Gasteiger partial charge is 0.266 e. The van der Waals surface area contributed by atoms with Crippen molar-refractivity contribution in [2.24, 2.45) is 0 Å². The number of carbonyl (C=O) groups is 1. The van der Waals surface area contributed by atoms with Crippen molar-refractivity contribution in [1.82, 2.24) is 5.16 Å². The molecule has 2 rings (SSSR count). The summed E-state index contributed by atoms with van der Waals surface area (Å²) in [5.41, 5.74) is 0. The van der Waals surface area contributed by atoms with Crippen molar-refractivity contribution in [3.05, 3.63) is 41.1 Å². The summed E-state index contributed by atoms with van der Waals surface area (Å²) in [4.78, 5) is 12.0. The van der Waals surface area contributed by atoms with Crippen LogP contribution in [0.25, 0.3) is 0 Å². The minimum Gasteiger partial charge on any atom is -0.481 e. The van der Waals surface area contributed by atoms with Crippen molar-refractivity contribution in [3.63, 3.8) is 0 Å². The highest BCUT2D eigenvalue weighted by Gasteiger charge is 2.19. The summed E-state index contributed by atoms with van der Waals surface area (Å²) in [7, 11) is 0. The maximum Gasteiger partial charge on any atom is 0.266 e. The van der Waals surface area contributed by atoms with E-state index in [1.165, 1.54) is 6.26 Å². The molecular formula is C13H13BrN2O3. The molecule has 1 N–H and O–H groups in total. The maximum absolute atomic E-state index is 12.0. The van der Waals surface area contributed by atoms with Gasteiger partial charge in [-0.05, 0) is 30.7 Å². The summed E-state index contributed by atoms with van der Waals surface area (Å²) in [5.74, 6) is 0.771. The lowest BCUT2D eigenvalue weighted by atomic mass is 10.2. The van der Waals surface area contributed by atoms with Crippen molar-refractivity contribution in [2.45, 2.75) is 19.4 Å². The molecule has 0 unspecified atom stereocenters. The lowest BCUT2D eigenvalue weighted by Gasteiger charge is -2.16. The first-order chi connectivity index (χ1) is 9.19. The molecule has 100 valence electrons. The van der Waals surface area contributed by atoms with Crippen molar-refractivity contribution < 1.29 is 14.1 Å². The number of nitrogens with one attached hydrogen (secondary N) is 1. The molecular weight excluding hydrogens is 312 g/mol. The highest BCUT2D eigenvalue weighted by Crippen LogP contribution is 2.18. The monoisotopic (exact) mass is 324 g/mol. The van der Waals surface area contributed by atoms with Crippen LogP contribution in [-0.2, 0) is 4.79 Å². The molecule has 0 radical (unpaired) electrons. The second-order valence-electron chi connectivity index (χ2n) is 3.84. The van der Waals surface area contributed by atoms with Gasteiger partial charge >= 0.3 is 0 Å². The van der Waals surface area contributed by atoms with Crippen LogP contribution < -0.4 is 10.1 Å². The van der Waals surface area contributed by atoms with Crippen molar-refractivity contribution in [1.29, 1.82) is 0 Å². The number of anilines is 1. The molecule has 0 saturated carbocycles. The van der Waals surface area contributed by atoms with Crippen molar-refractivity contribution in [3.8, 4) is 5.75 Å². The van der Waals surface area contributed by atoms with Gasteiger partial charge in [0.05, 0.1) is 0 Å². The Morgan fingerprint density at radius 2 is 2.16 bits per heavy atom. The fourth-order valence-corrected chi connectivity index (χ4v) is 1.75. The number of aromatic nitrogens is 1. The molecule has 0 fully saturated rings. The molecule has 2 aromatic rings. The minimum absolute atomic E-state index is 0.251. The van der Waals surface area contributed by atoms with Gasteiger partial charge < -0.3 is 14.6 Å². The number of nitrogens with zero attached hydrogens (tertiary/aromatic N) is 1. The van der Waals surface area contributed by atoms with Crippen LogP contribution in [0.2, 0.25) is 0 Å². The summed E-state index contributed by atoms with van der Waals surface area (Å²) in [6.45, 7) is 1.88. The third kappa shape index (κ3) is 3.82. The van der Waals surface area contributed by atoms with Gasteiger partial charge in [-0.15, -0.1) is 0 Å². The number of carbonyl (C=O) groups excluding carboxylic acids is 1. The minimum atomic E-state index is -0.571. The van der Waals surface area contributed by atoms with Gasteiger partial charge in [0.2, 0.25) is 0 Å². The van der Waals surface area contributed by atoms with Crippen molar-refractivity contribution in [2.75, 3.05) is 5.32 Å². The summed E-state index contributed by atoms with van der Waals surface area (Å²) < 4.78 is 11.2. The molecule has 0 spiro atoms. The number of benzene rings is 1. The normalized spacial score (nSPS) is 11.9. The van der Waals surface area contributed by atoms with Crippen LogP contribution >= 0.6 is 15.9 Å². The Morgan fingerprint density at radius 3 is 2.74 bits per heavy atom. The van der Waals surface area contributed by atoms with Crippen LogP contribution in [0.4, 0.5) is 5.82 Å². The summed E-state index contributed by atoms with van der Waals surface area (Å²) in [5, 5.41) is 6.25. The van der Waals surface area contributed by atoms with E-state index in [2.05, 4.69) is 30.9 Å².